The zero-order valence-electron chi connectivity index (χ0n) is 11.6. The average Bonchev–Trinajstić information content (AvgIpc) is 2.37. The van der Waals surface area contributed by atoms with E-state index in [2.05, 4.69) is 26.0 Å². The largest absolute Gasteiger partial charge is 0.494 e. The van der Waals surface area contributed by atoms with Crippen LogP contribution in [0.3, 0.4) is 0 Å². The van der Waals surface area contributed by atoms with Crippen molar-refractivity contribution in [2.24, 2.45) is 5.14 Å². The lowest BCUT2D eigenvalue weighted by atomic mass is 9.99. The predicted molar refractivity (Wildman–Crippen MR) is 77.9 cm³/mol. The number of nitrogens with two attached hydrogens (primary N) is 1. The zero-order valence-corrected chi connectivity index (χ0v) is 12.4. The Bertz CT molecular complexity index is 468. The Labute approximate surface area is 116 Å². The first-order valence-corrected chi connectivity index (χ1v) is 8.37. The molecule has 19 heavy (non-hydrogen) atoms. The topological polar surface area (TPSA) is 69.4 Å². The zero-order chi connectivity index (χ0) is 14.3. The SMILES string of the molecule is CCC(C)c1ccc(OCCCCS(N)(=O)=O)cc1. The normalized spacial score (nSPS) is 13.2. The highest BCUT2D eigenvalue weighted by molar-refractivity contribution is 7.89. The number of rotatable bonds is 8. The molecule has 108 valence electrons. The van der Waals surface area contributed by atoms with Crippen molar-refractivity contribution in [1.29, 1.82) is 0 Å². The van der Waals surface area contributed by atoms with Crippen LogP contribution in [0.1, 0.15) is 44.6 Å². The maximum absolute atomic E-state index is 10.7. The fourth-order valence-corrected chi connectivity index (χ4v) is 2.33. The number of benzene rings is 1. The molecule has 0 radical (unpaired) electrons. The molecule has 0 spiro atoms. The van der Waals surface area contributed by atoms with Crippen LogP contribution in [-0.4, -0.2) is 20.8 Å². The second-order valence-corrected chi connectivity index (χ2v) is 6.53. The number of ether oxygens (including phenoxy) is 1. The summed E-state index contributed by atoms with van der Waals surface area (Å²) >= 11 is 0. The van der Waals surface area contributed by atoms with E-state index in [1.165, 1.54) is 5.56 Å². The first-order chi connectivity index (χ1) is 8.92. The highest BCUT2D eigenvalue weighted by Gasteiger charge is 2.04. The van der Waals surface area contributed by atoms with E-state index in [0.717, 1.165) is 12.2 Å². The molecule has 0 aromatic heterocycles. The Hall–Kier alpha value is -1.07. The Morgan fingerprint density at radius 2 is 1.84 bits per heavy atom. The Kier molecular flexibility index (Phi) is 6.31. The van der Waals surface area contributed by atoms with E-state index in [1.807, 2.05) is 12.1 Å². The summed E-state index contributed by atoms with van der Waals surface area (Å²) in [6.07, 6.45) is 2.33. The standard InChI is InChI=1S/C14H23NO3S/c1-3-12(2)13-6-8-14(9-7-13)18-10-4-5-11-19(15,16)17/h6-9,12H,3-5,10-11H2,1-2H3,(H2,15,16,17). The highest BCUT2D eigenvalue weighted by atomic mass is 32.2. The molecule has 1 atom stereocenters. The van der Waals surface area contributed by atoms with Gasteiger partial charge in [-0.25, -0.2) is 13.6 Å². The van der Waals surface area contributed by atoms with Gasteiger partial charge in [-0.05, 0) is 42.9 Å². The van der Waals surface area contributed by atoms with Gasteiger partial charge in [0.25, 0.3) is 0 Å². The van der Waals surface area contributed by atoms with E-state index in [4.69, 9.17) is 9.88 Å². The molecular weight excluding hydrogens is 262 g/mol. The molecular formula is C14H23NO3S. The first-order valence-electron chi connectivity index (χ1n) is 6.65. The van der Waals surface area contributed by atoms with Gasteiger partial charge in [0.05, 0.1) is 12.4 Å². The summed E-state index contributed by atoms with van der Waals surface area (Å²) in [6, 6.07) is 8.07. The van der Waals surface area contributed by atoms with Gasteiger partial charge < -0.3 is 4.74 Å². The second-order valence-electron chi connectivity index (χ2n) is 4.80. The molecule has 2 N–H and O–H groups in total. The van der Waals surface area contributed by atoms with Gasteiger partial charge in [-0.3, -0.25) is 0 Å². The summed E-state index contributed by atoms with van der Waals surface area (Å²) in [6.45, 7) is 4.88. The van der Waals surface area contributed by atoms with E-state index in [9.17, 15) is 8.42 Å². The number of unbranched alkanes of at least 4 members (excludes halogenated alkanes) is 1. The van der Waals surface area contributed by atoms with Gasteiger partial charge in [0.1, 0.15) is 5.75 Å². The molecule has 0 aliphatic heterocycles. The van der Waals surface area contributed by atoms with Crippen LogP contribution in [0.4, 0.5) is 0 Å². The summed E-state index contributed by atoms with van der Waals surface area (Å²) in [7, 11) is -3.34. The minimum absolute atomic E-state index is 0.0172. The smallest absolute Gasteiger partial charge is 0.209 e. The van der Waals surface area contributed by atoms with Crippen LogP contribution in [0.15, 0.2) is 24.3 Å². The van der Waals surface area contributed by atoms with E-state index in [1.54, 1.807) is 0 Å². The third-order valence-electron chi connectivity index (χ3n) is 3.15. The lowest BCUT2D eigenvalue weighted by Gasteiger charge is -2.10. The van der Waals surface area contributed by atoms with E-state index in [0.29, 0.717) is 25.4 Å². The summed E-state index contributed by atoms with van der Waals surface area (Å²) in [5.74, 6) is 1.40. The maximum atomic E-state index is 10.7. The van der Waals surface area contributed by atoms with E-state index >= 15 is 0 Å². The van der Waals surface area contributed by atoms with Gasteiger partial charge in [0.2, 0.25) is 10.0 Å². The van der Waals surface area contributed by atoms with Crippen molar-refractivity contribution in [2.45, 2.75) is 39.0 Å². The van der Waals surface area contributed by atoms with Crippen molar-refractivity contribution in [3.05, 3.63) is 29.8 Å². The van der Waals surface area contributed by atoms with Gasteiger partial charge in [-0.1, -0.05) is 26.0 Å². The quantitative estimate of drug-likeness (QED) is 0.746. The Morgan fingerprint density at radius 1 is 1.21 bits per heavy atom. The van der Waals surface area contributed by atoms with Crippen LogP contribution < -0.4 is 9.88 Å². The van der Waals surface area contributed by atoms with Crippen LogP contribution in [0.2, 0.25) is 0 Å². The molecule has 0 heterocycles. The van der Waals surface area contributed by atoms with E-state index in [-0.39, 0.29) is 5.75 Å². The van der Waals surface area contributed by atoms with Gasteiger partial charge >= 0.3 is 0 Å². The number of primary sulfonamides is 1. The molecule has 0 saturated carbocycles. The number of hydrogen-bond donors (Lipinski definition) is 1. The molecule has 0 saturated heterocycles. The first kappa shape index (κ1) is 16.0. The molecule has 1 rings (SSSR count). The minimum atomic E-state index is -3.34. The molecule has 0 fully saturated rings. The van der Waals surface area contributed by atoms with Crippen LogP contribution in [0.25, 0.3) is 0 Å². The lowest BCUT2D eigenvalue weighted by Crippen LogP contribution is -2.16. The molecule has 4 nitrogen and oxygen atoms in total. The van der Waals surface area contributed by atoms with Crippen molar-refractivity contribution in [1.82, 2.24) is 0 Å². The average molecular weight is 285 g/mol. The van der Waals surface area contributed by atoms with Gasteiger partial charge in [0.15, 0.2) is 0 Å². The third-order valence-corrected chi connectivity index (χ3v) is 4.01. The third kappa shape index (κ3) is 6.59. The van der Waals surface area contributed by atoms with Gasteiger partial charge in [0, 0.05) is 0 Å². The summed E-state index contributed by atoms with van der Waals surface area (Å²) in [5, 5.41) is 4.92. The van der Waals surface area contributed by atoms with Crippen LogP contribution in [0, 0.1) is 0 Å². The lowest BCUT2D eigenvalue weighted by molar-refractivity contribution is 0.309. The summed E-state index contributed by atoms with van der Waals surface area (Å²) in [5.41, 5.74) is 1.31. The number of sulfonamides is 1. The van der Waals surface area contributed by atoms with Crippen molar-refractivity contribution >= 4 is 10.0 Å². The van der Waals surface area contributed by atoms with E-state index < -0.39 is 10.0 Å². The van der Waals surface area contributed by atoms with Crippen LogP contribution >= 0.6 is 0 Å². The van der Waals surface area contributed by atoms with Crippen LogP contribution in [0.5, 0.6) is 5.75 Å². The summed E-state index contributed by atoms with van der Waals surface area (Å²) < 4.78 is 27.0. The molecule has 0 aliphatic carbocycles. The van der Waals surface area contributed by atoms with Crippen molar-refractivity contribution in [3.63, 3.8) is 0 Å². The molecule has 0 bridgehead atoms. The molecule has 0 amide bonds. The molecule has 1 aromatic rings. The van der Waals surface area contributed by atoms with Crippen molar-refractivity contribution in [2.75, 3.05) is 12.4 Å². The molecule has 0 aliphatic rings. The Balaban J connectivity index is 2.30. The van der Waals surface area contributed by atoms with Crippen LogP contribution in [-0.2, 0) is 10.0 Å². The summed E-state index contributed by atoms with van der Waals surface area (Å²) in [4.78, 5) is 0. The monoisotopic (exact) mass is 285 g/mol. The van der Waals surface area contributed by atoms with Gasteiger partial charge in [-0.2, -0.15) is 0 Å². The van der Waals surface area contributed by atoms with Gasteiger partial charge in [-0.15, -0.1) is 0 Å². The minimum Gasteiger partial charge on any atom is -0.494 e. The highest BCUT2D eigenvalue weighted by Crippen LogP contribution is 2.21. The molecule has 5 heteroatoms. The van der Waals surface area contributed by atoms with Crippen molar-refractivity contribution < 1.29 is 13.2 Å². The molecule has 1 unspecified atom stereocenters. The fourth-order valence-electron chi connectivity index (χ4n) is 1.72. The fraction of sp³-hybridized carbons (Fsp3) is 0.571. The van der Waals surface area contributed by atoms with Crippen molar-refractivity contribution in [3.8, 4) is 5.75 Å². The predicted octanol–water partition coefficient (Wildman–Crippen LogP) is 2.65. The maximum Gasteiger partial charge on any atom is 0.209 e. The number of hydrogen-bond acceptors (Lipinski definition) is 3. The second kappa shape index (κ2) is 7.50. The Morgan fingerprint density at radius 3 is 2.37 bits per heavy atom. The molecule has 1 aromatic carbocycles.